The second kappa shape index (κ2) is 4.52. The second-order valence-electron chi connectivity index (χ2n) is 4.47. The Bertz CT molecular complexity index is 447. The van der Waals surface area contributed by atoms with E-state index in [4.69, 9.17) is 23.2 Å². The molecule has 0 saturated heterocycles. The monoisotopic (exact) mass is 276 g/mol. The number of nitrogens with zero attached hydrogens (tertiary/aromatic N) is 1. The molecule has 1 heterocycles. The van der Waals surface area contributed by atoms with Crippen molar-refractivity contribution < 1.29 is 9.90 Å². The molecular formula is C11H14Cl2N2O2. The van der Waals surface area contributed by atoms with E-state index in [9.17, 15) is 9.90 Å². The van der Waals surface area contributed by atoms with Gasteiger partial charge in [-0.3, -0.25) is 4.79 Å². The quantitative estimate of drug-likeness (QED) is 0.887. The fourth-order valence-corrected chi connectivity index (χ4v) is 2.37. The van der Waals surface area contributed by atoms with E-state index in [1.807, 2.05) is 0 Å². The van der Waals surface area contributed by atoms with Crippen molar-refractivity contribution in [3.63, 3.8) is 0 Å². The topological polar surface area (TPSA) is 54.3 Å². The van der Waals surface area contributed by atoms with Crippen molar-refractivity contribution in [2.24, 2.45) is 7.05 Å². The first kappa shape index (κ1) is 12.7. The number of aromatic nitrogens is 1. The van der Waals surface area contributed by atoms with Crippen molar-refractivity contribution in [3.05, 3.63) is 21.9 Å². The minimum Gasteiger partial charge on any atom is -0.394 e. The van der Waals surface area contributed by atoms with Crippen LogP contribution in [0.2, 0.25) is 10.2 Å². The third kappa shape index (κ3) is 2.17. The molecule has 1 amide bonds. The van der Waals surface area contributed by atoms with Crippen molar-refractivity contribution in [1.82, 2.24) is 9.88 Å². The lowest BCUT2D eigenvalue weighted by molar-refractivity contribution is 0.0635. The molecule has 2 rings (SSSR count). The molecule has 1 saturated carbocycles. The SMILES string of the molecule is Cn1c(C(=O)NC2(CO)CCC2)cc(Cl)c1Cl. The largest absolute Gasteiger partial charge is 0.394 e. The van der Waals surface area contributed by atoms with Crippen LogP contribution in [0.5, 0.6) is 0 Å². The smallest absolute Gasteiger partial charge is 0.268 e. The first-order valence-corrected chi connectivity index (χ1v) is 6.19. The Hall–Kier alpha value is -0.710. The van der Waals surface area contributed by atoms with E-state index in [-0.39, 0.29) is 12.5 Å². The molecule has 0 unspecified atom stereocenters. The summed E-state index contributed by atoms with van der Waals surface area (Å²) in [6.45, 7) is -0.0371. The third-order valence-electron chi connectivity index (χ3n) is 3.34. The predicted molar refractivity (Wildman–Crippen MR) is 66.6 cm³/mol. The van der Waals surface area contributed by atoms with Crippen LogP contribution >= 0.6 is 23.2 Å². The molecule has 1 aromatic rings. The lowest BCUT2D eigenvalue weighted by Crippen LogP contribution is -2.56. The number of rotatable bonds is 3. The summed E-state index contributed by atoms with van der Waals surface area (Å²) < 4.78 is 1.53. The molecule has 17 heavy (non-hydrogen) atoms. The van der Waals surface area contributed by atoms with Crippen molar-refractivity contribution in [1.29, 1.82) is 0 Å². The standard InChI is InChI=1S/C11H14Cl2N2O2/c1-15-8(5-7(12)9(15)13)10(17)14-11(6-16)3-2-4-11/h5,16H,2-4,6H2,1H3,(H,14,17). The van der Waals surface area contributed by atoms with Gasteiger partial charge < -0.3 is 15.0 Å². The van der Waals surface area contributed by atoms with E-state index in [1.54, 1.807) is 7.05 Å². The Morgan fingerprint density at radius 3 is 2.59 bits per heavy atom. The molecule has 1 aromatic heterocycles. The van der Waals surface area contributed by atoms with Crippen LogP contribution in [0, 0.1) is 0 Å². The molecular weight excluding hydrogens is 263 g/mol. The molecule has 6 heteroatoms. The first-order chi connectivity index (χ1) is 7.99. The van der Waals surface area contributed by atoms with Gasteiger partial charge in [-0.05, 0) is 25.3 Å². The Morgan fingerprint density at radius 1 is 1.59 bits per heavy atom. The van der Waals surface area contributed by atoms with Crippen LogP contribution in [-0.4, -0.2) is 27.7 Å². The maximum absolute atomic E-state index is 12.0. The van der Waals surface area contributed by atoms with Crippen LogP contribution < -0.4 is 5.32 Å². The number of carbonyl (C=O) groups excluding carboxylic acids is 1. The van der Waals surface area contributed by atoms with E-state index < -0.39 is 5.54 Å². The number of carbonyl (C=O) groups is 1. The summed E-state index contributed by atoms with van der Waals surface area (Å²) >= 11 is 11.7. The van der Waals surface area contributed by atoms with E-state index >= 15 is 0 Å². The first-order valence-electron chi connectivity index (χ1n) is 5.43. The van der Waals surface area contributed by atoms with E-state index in [0.717, 1.165) is 19.3 Å². The number of halogens is 2. The van der Waals surface area contributed by atoms with Gasteiger partial charge in [0.25, 0.3) is 5.91 Å². The molecule has 4 nitrogen and oxygen atoms in total. The highest BCUT2D eigenvalue weighted by atomic mass is 35.5. The molecule has 0 radical (unpaired) electrons. The summed E-state index contributed by atoms with van der Waals surface area (Å²) in [6, 6.07) is 1.53. The molecule has 2 N–H and O–H groups in total. The number of aliphatic hydroxyl groups is 1. The van der Waals surface area contributed by atoms with Crippen molar-refractivity contribution in [3.8, 4) is 0 Å². The Balaban J connectivity index is 2.17. The van der Waals surface area contributed by atoms with Gasteiger partial charge in [-0.1, -0.05) is 23.2 Å². The highest BCUT2D eigenvalue weighted by molar-refractivity contribution is 6.41. The molecule has 0 atom stereocenters. The Labute approximate surface area is 110 Å². The number of hydrogen-bond acceptors (Lipinski definition) is 2. The van der Waals surface area contributed by atoms with E-state index in [0.29, 0.717) is 15.9 Å². The minimum absolute atomic E-state index is 0.0371. The van der Waals surface area contributed by atoms with Crippen LogP contribution in [0.15, 0.2) is 6.07 Å². The third-order valence-corrected chi connectivity index (χ3v) is 4.18. The number of nitrogens with one attached hydrogen (secondary N) is 1. The molecule has 94 valence electrons. The van der Waals surface area contributed by atoms with Gasteiger partial charge in [0.05, 0.1) is 17.2 Å². The van der Waals surface area contributed by atoms with Crippen LogP contribution in [0.4, 0.5) is 0 Å². The van der Waals surface area contributed by atoms with Gasteiger partial charge in [0, 0.05) is 7.05 Å². The minimum atomic E-state index is -0.458. The summed E-state index contributed by atoms with van der Waals surface area (Å²) in [4.78, 5) is 12.0. The lowest BCUT2D eigenvalue weighted by atomic mass is 9.77. The molecule has 0 spiro atoms. The second-order valence-corrected chi connectivity index (χ2v) is 5.24. The molecule has 1 aliphatic rings. The average Bonchev–Trinajstić information content (AvgIpc) is 2.51. The van der Waals surface area contributed by atoms with Gasteiger partial charge in [0.2, 0.25) is 0 Å². The number of aliphatic hydroxyl groups excluding tert-OH is 1. The molecule has 1 aliphatic carbocycles. The van der Waals surface area contributed by atoms with Gasteiger partial charge in [-0.2, -0.15) is 0 Å². The number of amides is 1. The molecule has 0 aromatic carbocycles. The van der Waals surface area contributed by atoms with Gasteiger partial charge in [0.1, 0.15) is 10.8 Å². The Kier molecular flexibility index (Phi) is 3.39. The predicted octanol–water partition coefficient (Wildman–Crippen LogP) is 1.98. The molecule has 0 aliphatic heterocycles. The van der Waals surface area contributed by atoms with E-state index in [2.05, 4.69) is 5.32 Å². The van der Waals surface area contributed by atoms with Crippen LogP contribution in [0.25, 0.3) is 0 Å². The summed E-state index contributed by atoms with van der Waals surface area (Å²) in [5.74, 6) is -0.255. The summed E-state index contributed by atoms with van der Waals surface area (Å²) in [6.07, 6.45) is 2.64. The molecule has 0 bridgehead atoms. The van der Waals surface area contributed by atoms with Gasteiger partial charge in [-0.15, -0.1) is 0 Å². The molecule has 1 fully saturated rings. The summed E-state index contributed by atoms with van der Waals surface area (Å²) in [5, 5.41) is 12.8. The van der Waals surface area contributed by atoms with Crippen LogP contribution in [0.3, 0.4) is 0 Å². The lowest BCUT2D eigenvalue weighted by Gasteiger charge is -2.40. The van der Waals surface area contributed by atoms with Crippen molar-refractivity contribution >= 4 is 29.1 Å². The van der Waals surface area contributed by atoms with Gasteiger partial charge >= 0.3 is 0 Å². The van der Waals surface area contributed by atoms with Crippen LogP contribution in [-0.2, 0) is 7.05 Å². The fraction of sp³-hybridized carbons (Fsp3) is 0.545. The normalized spacial score (nSPS) is 17.6. The maximum Gasteiger partial charge on any atom is 0.268 e. The van der Waals surface area contributed by atoms with Gasteiger partial charge in [-0.25, -0.2) is 0 Å². The highest BCUT2D eigenvalue weighted by Gasteiger charge is 2.38. The highest BCUT2D eigenvalue weighted by Crippen LogP contribution is 2.32. The average molecular weight is 277 g/mol. The zero-order chi connectivity index (χ0) is 12.6. The zero-order valence-electron chi connectivity index (χ0n) is 9.46. The van der Waals surface area contributed by atoms with E-state index in [1.165, 1.54) is 10.6 Å². The maximum atomic E-state index is 12.0. The fourth-order valence-electron chi connectivity index (χ4n) is 1.99. The van der Waals surface area contributed by atoms with Gasteiger partial charge in [0.15, 0.2) is 0 Å². The van der Waals surface area contributed by atoms with Crippen LogP contribution in [0.1, 0.15) is 29.8 Å². The summed E-state index contributed by atoms with van der Waals surface area (Å²) in [7, 11) is 1.68. The number of hydrogen-bond donors (Lipinski definition) is 2. The van der Waals surface area contributed by atoms with Crippen molar-refractivity contribution in [2.75, 3.05) is 6.61 Å². The summed E-state index contributed by atoms with van der Waals surface area (Å²) in [5.41, 5.74) is -0.0555. The Morgan fingerprint density at radius 2 is 2.24 bits per heavy atom. The zero-order valence-corrected chi connectivity index (χ0v) is 11.0. The van der Waals surface area contributed by atoms with Crippen molar-refractivity contribution in [2.45, 2.75) is 24.8 Å².